The summed E-state index contributed by atoms with van der Waals surface area (Å²) in [6.07, 6.45) is 0. The first-order valence-corrected chi connectivity index (χ1v) is 8.32. The van der Waals surface area contributed by atoms with E-state index in [1.165, 1.54) is 29.7 Å². The first kappa shape index (κ1) is 14.8. The van der Waals surface area contributed by atoms with Gasteiger partial charge >= 0.3 is 0 Å². The first-order valence-electron chi connectivity index (χ1n) is 5.89. The smallest absolute Gasteiger partial charge is 0.238 e. The fraction of sp³-hybridized carbons (Fsp3) is 0.231. The van der Waals surface area contributed by atoms with Gasteiger partial charge in [0.05, 0.1) is 17.7 Å². The third kappa shape index (κ3) is 3.30. The maximum absolute atomic E-state index is 11.4. The van der Waals surface area contributed by atoms with Gasteiger partial charge in [-0.2, -0.15) is 0 Å². The van der Waals surface area contributed by atoms with Crippen LogP contribution in [-0.2, 0) is 16.6 Å². The number of rotatable bonds is 5. The van der Waals surface area contributed by atoms with Crippen LogP contribution < -0.4 is 15.2 Å². The van der Waals surface area contributed by atoms with E-state index in [1.54, 1.807) is 17.4 Å². The summed E-state index contributed by atoms with van der Waals surface area (Å²) in [5.74, 6) is 0.576. The molecule has 0 fully saturated rings. The zero-order valence-electron chi connectivity index (χ0n) is 11.2. The lowest BCUT2D eigenvalue weighted by molar-refractivity contribution is 0.416. The molecular weight excluding hydrogens is 296 g/mol. The van der Waals surface area contributed by atoms with E-state index in [9.17, 15) is 8.42 Å². The Labute approximate surface area is 122 Å². The minimum absolute atomic E-state index is 0.0590. The van der Waals surface area contributed by atoms with Gasteiger partial charge in [0.1, 0.15) is 5.75 Å². The second-order valence-corrected chi connectivity index (χ2v) is 6.85. The molecule has 0 unspecified atom stereocenters. The topological polar surface area (TPSA) is 81.4 Å². The highest BCUT2D eigenvalue weighted by atomic mass is 32.2. The molecule has 0 aliphatic carbocycles. The highest BCUT2D eigenvalue weighted by molar-refractivity contribution is 7.89. The van der Waals surface area contributed by atoms with Gasteiger partial charge in [-0.1, -0.05) is 0 Å². The Morgan fingerprint density at radius 2 is 2.10 bits per heavy atom. The molecule has 0 amide bonds. The standard InChI is InChI=1S/C13H16N2O3S2/c1-9-5-6-19-13(9)8-15-11-7-10(20(14,16)17)3-4-12(11)18-2/h3-7,15H,8H2,1-2H3,(H2,14,16,17). The summed E-state index contributed by atoms with van der Waals surface area (Å²) in [4.78, 5) is 1.25. The summed E-state index contributed by atoms with van der Waals surface area (Å²) in [5.41, 5.74) is 1.80. The molecule has 0 atom stereocenters. The van der Waals surface area contributed by atoms with Crippen LogP contribution in [0.15, 0.2) is 34.5 Å². The Kier molecular flexibility index (Phi) is 4.32. The molecule has 0 bridgehead atoms. The molecule has 0 saturated carbocycles. The van der Waals surface area contributed by atoms with Gasteiger partial charge in [0.2, 0.25) is 10.0 Å². The molecule has 1 aromatic heterocycles. The number of nitrogens with two attached hydrogens (primary N) is 1. The van der Waals surface area contributed by atoms with Crippen molar-refractivity contribution in [1.82, 2.24) is 0 Å². The van der Waals surface area contributed by atoms with Crippen molar-refractivity contribution in [3.8, 4) is 5.75 Å². The van der Waals surface area contributed by atoms with Gasteiger partial charge in [0, 0.05) is 11.4 Å². The Balaban J connectivity index is 2.27. The van der Waals surface area contributed by atoms with Crippen LogP contribution in [0, 0.1) is 6.92 Å². The van der Waals surface area contributed by atoms with E-state index in [1.807, 2.05) is 18.4 Å². The van der Waals surface area contributed by atoms with Crippen LogP contribution >= 0.6 is 11.3 Å². The molecular formula is C13H16N2O3S2. The van der Waals surface area contributed by atoms with Crippen molar-refractivity contribution in [2.75, 3.05) is 12.4 Å². The summed E-state index contributed by atoms with van der Waals surface area (Å²) < 4.78 is 28.0. The number of sulfonamides is 1. The van der Waals surface area contributed by atoms with E-state index >= 15 is 0 Å². The molecule has 108 valence electrons. The number of benzene rings is 1. The zero-order chi connectivity index (χ0) is 14.8. The summed E-state index contributed by atoms with van der Waals surface area (Å²) in [7, 11) is -2.19. The van der Waals surface area contributed by atoms with Crippen molar-refractivity contribution in [3.05, 3.63) is 40.1 Å². The molecule has 0 spiro atoms. The predicted octanol–water partition coefficient (Wildman–Crippen LogP) is 2.32. The molecule has 20 heavy (non-hydrogen) atoms. The van der Waals surface area contributed by atoms with Gasteiger partial charge in [-0.25, -0.2) is 13.6 Å². The van der Waals surface area contributed by atoms with Crippen LogP contribution in [-0.4, -0.2) is 15.5 Å². The molecule has 1 aromatic carbocycles. The third-order valence-electron chi connectivity index (χ3n) is 2.91. The Morgan fingerprint density at radius 1 is 1.35 bits per heavy atom. The molecule has 1 heterocycles. The van der Waals surface area contributed by atoms with Crippen molar-refractivity contribution in [3.63, 3.8) is 0 Å². The Morgan fingerprint density at radius 3 is 2.65 bits per heavy atom. The fourth-order valence-electron chi connectivity index (χ4n) is 1.76. The molecule has 5 nitrogen and oxygen atoms in total. The van der Waals surface area contributed by atoms with Crippen LogP contribution in [0.3, 0.4) is 0 Å². The minimum Gasteiger partial charge on any atom is -0.495 e. The SMILES string of the molecule is COc1ccc(S(N)(=O)=O)cc1NCc1sccc1C. The summed E-state index contributed by atoms with van der Waals surface area (Å²) >= 11 is 1.65. The van der Waals surface area contributed by atoms with E-state index in [0.717, 1.165) is 0 Å². The number of thiophene rings is 1. The van der Waals surface area contributed by atoms with Crippen molar-refractivity contribution in [2.24, 2.45) is 5.14 Å². The average Bonchev–Trinajstić information content (AvgIpc) is 2.80. The van der Waals surface area contributed by atoms with Gasteiger partial charge in [0.15, 0.2) is 0 Å². The molecule has 0 aliphatic rings. The number of nitrogens with one attached hydrogen (secondary N) is 1. The highest BCUT2D eigenvalue weighted by Gasteiger charge is 2.12. The summed E-state index contributed by atoms with van der Waals surface area (Å²) in [5, 5.41) is 10.3. The van der Waals surface area contributed by atoms with Gasteiger partial charge in [-0.15, -0.1) is 11.3 Å². The third-order valence-corrected chi connectivity index (χ3v) is 4.84. The van der Waals surface area contributed by atoms with E-state index in [4.69, 9.17) is 9.88 Å². The Bertz CT molecular complexity index is 708. The monoisotopic (exact) mass is 312 g/mol. The van der Waals surface area contributed by atoms with Crippen LogP contribution in [0.5, 0.6) is 5.75 Å². The van der Waals surface area contributed by atoms with Crippen LogP contribution in [0.2, 0.25) is 0 Å². The van der Waals surface area contributed by atoms with Gasteiger partial charge in [-0.3, -0.25) is 0 Å². The fourth-order valence-corrected chi connectivity index (χ4v) is 3.15. The van der Waals surface area contributed by atoms with Gasteiger partial charge in [0.25, 0.3) is 0 Å². The van der Waals surface area contributed by atoms with E-state index < -0.39 is 10.0 Å². The maximum atomic E-state index is 11.4. The van der Waals surface area contributed by atoms with Crippen molar-refractivity contribution >= 4 is 27.0 Å². The van der Waals surface area contributed by atoms with Gasteiger partial charge in [-0.05, 0) is 42.1 Å². The van der Waals surface area contributed by atoms with Crippen molar-refractivity contribution < 1.29 is 13.2 Å². The summed E-state index contributed by atoms with van der Waals surface area (Å²) in [6.45, 7) is 2.64. The second-order valence-electron chi connectivity index (χ2n) is 4.29. The van der Waals surface area contributed by atoms with Crippen molar-refractivity contribution in [1.29, 1.82) is 0 Å². The zero-order valence-corrected chi connectivity index (χ0v) is 12.8. The largest absolute Gasteiger partial charge is 0.495 e. The van der Waals surface area contributed by atoms with Crippen LogP contribution in [0.25, 0.3) is 0 Å². The number of aryl methyl sites for hydroxylation is 1. The molecule has 7 heteroatoms. The lowest BCUT2D eigenvalue weighted by Crippen LogP contribution is -2.12. The molecule has 0 aliphatic heterocycles. The van der Waals surface area contributed by atoms with Crippen molar-refractivity contribution in [2.45, 2.75) is 18.4 Å². The first-order chi connectivity index (χ1) is 9.41. The normalized spacial score (nSPS) is 11.3. The lowest BCUT2D eigenvalue weighted by Gasteiger charge is -2.12. The number of primary sulfonamides is 1. The predicted molar refractivity (Wildman–Crippen MR) is 80.7 cm³/mol. The molecule has 0 saturated heterocycles. The number of methoxy groups -OCH3 is 1. The molecule has 0 radical (unpaired) electrons. The molecule has 3 N–H and O–H groups in total. The molecule has 2 aromatic rings. The van der Waals surface area contributed by atoms with E-state index in [-0.39, 0.29) is 4.90 Å². The van der Waals surface area contributed by atoms with Gasteiger partial charge < -0.3 is 10.1 Å². The average molecular weight is 312 g/mol. The maximum Gasteiger partial charge on any atom is 0.238 e. The van der Waals surface area contributed by atoms with E-state index in [2.05, 4.69) is 5.32 Å². The summed E-state index contributed by atoms with van der Waals surface area (Å²) in [6, 6.07) is 6.54. The highest BCUT2D eigenvalue weighted by Crippen LogP contribution is 2.28. The second kappa shape index (κ2) is 5.82. The lowest BCUT2D eigenvalue weighted by atomic mass is 10.2. The van der Waals surface area contributed by atoms with E-state index in [0.29, 0.717) is 18.0 Å². The number of ether oxygens (including phenoxy) is 1. The molecule has 2 rings (SSSR count). The minimum atomic E-state index is -3.72. The Hall–Kier alpha value is -1.57. The van der Waals surface area contributed by atoms with Crippen LogP contribution in [0.1, 0.15) is 10.4 Å². The number of hydrogen-bond acceptors (Lipinski definition) is 5. The quantitative estimate of drug-likeness (QED) is 0.888. The van der Waals surface area contributed by atoms with Crippen LogP contribution in [0.4, 0.5) is 5.69 Å². The number of hydrogen-bond donors (Lipinski definition) is 2. The number of anilines is 1.